The Bertz CT molecular complexity index is 628. The Morgan fingerprint density at radius 3 is 2.57 bits per heavy atom. The van der Waals surface area contributed by atoms with Crippen LogP contribution >= 0.6 is 15.9 Å². The first-order chi connectivity index (χ1) is 10.3. The van der Waals surface area contributed by atoms with Crippen LogP contribution in [0.2, 0.25) is 0 Å². The zero-order chi connectivity index (χ0) is 14.7. The molecule has 110 valence electrons. The number of fused-ring (bicyclic) bond motifs is 1. The minimum absolute atomic E-state index is 0.235. The predicted octanol–water partition coefficient (Wildman–Crippen LogP) is 2.44. The van der Waals surface area contributed by atoms with Crippen LogP contribution in [0, 0.1) is 0 Å². The Morgan fingerprint density at radius 2 is 1.86 bits per heavy atom. The zero-order valence-electron chi connectivity index (χ0n) is 11.6. The van der Waals surface area contributed by atoms with Gasteiger partial charge in [0.05, 0.1) is 0 Å². The largest absolute Gasteiger partial charge is 0.454 e. The van der Waals surface area contributed by atoms with Crippen LogP contribution in [0.15, 0.2) is 41.1 Å². The van der Waals surface area contributed by atoms with Gasteiger partial charge in [-0.2, -0.15) is 0 Å². The number of hydrogen-bond donors (Lipinski definition) is 1. The maximum atomic E-state index is 8.85. The van der Waals surface area contributed by atoms with E-state index in [1.54, 1.807) is 0 Å². The van der Waals surface area contributed by atoms with Gasteiger partial charge in [-0.3, -0.25) is 0 Å². The zero-order valence-corrected chi connectivity index (χ0v) is 13.2. The van der Waals surface area contributed by atoms with Crippen LogP contribution in [0.5, 0.6) is 11.5 Å². The molecule has 4 nitrogen and oxygen atoms in total. The highest BCUT2D eigenvalue weighted by Crippen LogP contribution is 2.36. The van der Waals surface area contributed by atoms with Crippen LogP contribution in [0.25, 0.3) is 0 Å². The lowest BCUT2D eigenvalue weighted by atomic mass is 10.1. The number of aryl methyl sites for hydroxylation is 1. The maximum absolute atomic E-state index is 8.85. The van der Waals surface area contributed by atoms with Gasteiger partial charge in [0.2, 0.25) is 6.79 Å². The fourth-order valence-electron chi connectivity index (χ4n) is 2.32. The average Bonchev–Trinajstić information content (AvgIpc) is 2.94. The van der Waals surface area contributed by atoms with Crippen LogP contribution in [0.3, 0.4) is 0 Å². The van der Waals surface area contributed by atoms with Crippen LogP contribution in [0.4, 0.5) is 0 Å². The standard InChI is InChI=1S/C16H17BrNO3/c17-14-9-16-15(20-11-21-16)8-13(14)10-18-5-3-12(4-6-18)2-1-7-19/h3-6,8-9,19H,1-2,7,10-11H2/q+1. The molecule has 0 spiro atoms. The molecule has 2 heterocycles. The van der Waals surface area contributed by atoms with Crippen molar-refractivity contribution in [3.63, 3.8) is 0 Å². The first kappa shape index (κ1) is 14.4. The van der Waals surface area contributed by atoms with E-state index in [0.29, 0.717) is 0 Å². The molecule has 0 unspecified atom stereocenters. The molecule has 21 heavy (non-hydrogen) atoms. The van der Waals surface area contributed by atoms with Crippen molar-refractivity contribution in [3.05, 3.63) is 52.3 Å². The molecule has 0 saturated carbocycles. The molecule has 2 aromatic rings. The molecular formula is C16H17BrNO3+. The van der Waals surface area contributed by atoms with Gasteiger partial charge in [0.15, 0.2) is 30.4 Å². The molecule has 0 saturated heterocycles. The summed E-state index contributed by atoms with van der Waals surface area (Å²) in [4.78, 5) is 0. The molecule has 1 N–H and O–H groups in total. The molecule has 1 aromatic heterocycles. The van der Waals surface area contributed by atoms with Gasteiger partial charge in [0, 0.05) is 28.8 Å². The summed E-state index contributed by atoms with van der Waals surface area (Å²) >= 11 is 3.58. The topological polar surface area (TPSA) is 42.6 Å². The highest BCUT2D eigenvalue weighted by Gasteiger charge is 2.18. The number of aromatic nitrogens is 1. The number of rotatable bonds is 5. The molecule has 3 rings (SSSR count). The van der Waals surface area contributed by atoms with E-state index in [9.17, 15) is 0 Å². The Balaban J connectivity index is 1.74. The quantitative estimate of drug-likeness (QED) is 0.842. The van der Waals surface area contributed by atoms with Crippen molar-refractivity contribution >= 4 is 15.9 Å². The van der Waals surface area contributed by atoms with Crippen molar-refractivity contribution in [1.82, 2.24) is 0 Å². The van der Waals surface area contributed by atoms with Gasteiger partial charge in [-0.25, -0.2) is 4.57 Å². The molecular weight excluding hydrogens is 334 g/mol. The lowest BCUT2D eigenvalue weighted by molar-refractivity contribution is -0.688. The molecule has 1 aliphatic rings. The fraction of sp³-hybridized carbons (Fsp3) is 0.312. The second-order valence-electron chi connectivity index (χ2n) is 5.00. The molecule has 0 amide bonds. The van der Waals surface area contributed by atoms with Crippen molar-refractivity contribution in [3.8, 4) is 11.5 Å². The maximum Gasteiger partial charge on any atom is 0.231 e. The van der Waals surface area contributed by atoms with Gasteiger partial charge in [-0.15, -0.1) is 0 Å². The van der Waals surface area contributed by atoms with Gasteiger partial charge in [-0.1, -0.05) is 15.9 Å². The first-order valence-corrected chi connectivity index (χ1v) is 7.72. The Hall–Kier alpha value is -1.59. The van der Waals surface area contributed by atoms with E-state index in [1.165, 1.54) is 5.56 Å². The second-order valence-corrected chi connectivity index (χ2v) is 5.86. The van der Waals surface area contributed by atoms with E-state index >= 15 is 0 Å². The third-order valence-electron chi connectivity index (χ3n) is 3.48. The molecule has 0 bridgehead atoms. The highest BCUT2D eigenvalue weighted by molar-refractivity contribution is 9.10. The summed E-state index contributed by atoms with van der Waals surface area (Å²) in [7, 11) is 0. The third-order valence-corrected chi connectivity index (χ3v) is 4.22. The van der Waals surface area contributed by atoms with Gasteiger partial charge < -0.3 is 14.6 Å². The third kappa shape index (κ3) is 3.36. The second kappa shape index (κ2) is 6.45. The minimum atomic E-state index is 0.235. The van der Waals surface area contributed by atoms with Crippen LogP contribution in [0.1, 0.15) is 17.5 Å². The lowest BCUT2D eigenvalue weighted by Crippen LogP contribution is -2.33. The highest BCUT2D eigenvalue weighted by atomic mass is 79.9. The van der Waals surface area contributed by atoms with Gasteiger partial charge in [0.25, 0.3) is 0 Å². The summed E-state index contributed by atoms with van der Waals surface area (Å²) in [5.74, 6) is 1.59. The normalized spacial score (nSPS) is 12.7. The number of pyridine rings is 1. The number of benzene rings is 1. The SMILES string of the molecule is OCCCc1cc[n+](Cc2cc3c(cc2Br)OCO3)cc1. The number of aliphatic hydroxyl groups excluding tert-OH is 1. The Morgan fingerprint density at radius 1 is 1.14 bits per heavy atom. The van der Waals surface area contributed by atoms with Gasteiger partial charge in [-0.05, 0) is 30.5 Å². The van der Waals surface area contributed by atoms with E-state index in [4.69, 9.17) is 14.6 Å². The molecule has 5 heteroatoms. The van der Waals surface area contributed by atoms with E-state index in [1.807, 2.05) is 12.1 Å². The molecule has 0 aliphatic carbocycles. The number of nitrogens with zero attached hydrogens (tertiary/aromatic N) is 1. The van der Waals surface area contributed by atoms with Crippen LogP contribution in [-0.2, 0) is 13.0 Å². The van der Waals surface area contributed by atoms with Crippen molar-refractivity contribution in [2.75, 3.05) is 13.4 Å². The smallest absolute Gasteiger partial charge is 0.231 e. The van der Waals surface area contributed by atoms with Crippen LogP contribution in [-0.4, -0.2) is 18.5 Å². The van der Waals surface area contributed by atoms with Crippen LogP contribution < -0.4 is 14.0 Å². The van der Waals surface area contributed by atoms with Crippen molar-refractivity contribution in [2.24, 2.45) is 0 Å². The van der Waals surface area contributed by atoms with E-state index in [-0.39, 0.29) is 13.4 Å². The van der Waals surface area contributed by atoms with E-state index in [2.05, 4.69) is 45.0 Å². The number of ether oxygens (including phenoxy) is 2. The Kier molecular flexibility index (Phi) is 4.41. The van der Waals surface area contributed by atoms with Crippen molar-refractivity contribution in [1.29, 1.82) is 0 Å². The summed E-state index contributed by atoms with van der Waals surface area (Å²) in [6.45, 7) is 1.29. The minimum Gasteiger partial charge on any atom is -0.454 e. The Labute approximate surface area is 132 Å². The first-order valence-electron chi connectivity index (χ1n) is 6.93. The molecule has 1 aliphatic heterocycles. The summed E-state index contributed by atoms with van der Waals surface area (Å²) in [6, 6.07) is 8.15. The molecule has 0 atom stereocenters. The monoisotopic (exact) mass is 350 g/mol. The average molecular weight is 351 g/mol. The van der Waals surface area contributed by atoms with Gasteiger partial charge >= 0.3 is 0 Å². The molecule has 0 fully saturated rings. The van der Waals surface area contributed by atoms with Gasteiger partial charge in [0.1, 0.15) is 0 Å². The number of hydrogen-bond acceptors (Lipinski definition) is 3. The lowest BCUT2D eigenvalue weighted by Gasteiger charge is -2.04. The summed E-state index contributed by atoms with van der Waals surface area (Å²) in [5, 5.41) is 8.85. The molecule has 0 radical (unpaired) electrons. The number of halogens is 1. The molecule has 1 aromatic carbocycles. The summed E-state index contributed by atoms with van der Waals surface area (Å²) < 4.78 is 13.9. The summed E-state index contributed by atoms with van der Waals surface area (Å²) in [6.07, 6.45) is 5.83. The number of aliphatic hydroxyl groups is 1. The van der Waals surface area contributed by atoms with Crippen molar-refractivity contribution < 1.29 is 19.1 Å². The van der Waals surface area contributed by atoms with E-state index < -0.39 is 0 Å². The van der Waals surface area contributed by atoms with Crippen molar-refractivity contribution in [2.45, 2.75) is 19.4 Å². The van der Waals surface area contributed by atoms with E-state index in [0.717, 1.165) is 40.9 Å². The predicted molar refractivity (Wildman–Crippen MR) is 81.4 cm³/mol. The summed E-state index contributed by atoms with van der Waals surface area (Å²) in [5.41, 5.74) is 2.39. The fourth-order valence-corrected chi connectivity index (χ4v) is 2.77.